The second kappa shape index (κ2) is 7.18. The fraction of sp³-hybridized carbons (Fsp3) is 0.200. The van der Waals surface area contributed by atoms with Crippen molar-refractivity contribution in [1.82, 2.24) is 4.57 Å². The zero-order valence-electron chi connectivity index (χ0n) is 12.5. The first-order chi connectivity index (χ1) is 11.3. The molecule has 0 radical (unpaired) electrons. The summed E-state index contributed by atoms with van der Waals surface area (Å²) >= 11 is 0. The maximum atomic E-state index is 13.1. The van der Waals surface area contributed by atoms with Crippen LogP contribution in [0.5, 0.6) is 5.75 Å². The quantitative estimate of drug-likeness (QED) is 0.805. The van der Waals surface area contributed by atoms with Crippen molar-refractivity contribution in [3.05, 3.63) is 57.8 Å². The standard InChI is InChI=1S/C15H13F3N2O4/c1-24-13-5-20(9(7-21)4-12(13)22)6-14(23)19-8-2-10(16)15(18)11(17)3-8/h2-5,21H,6-7H2,1H3,(H,19,23). The van der Waals surface area contributed by atoms with Gasteiger partial charge in [-0.05, 0) is 0 Å². The Kier molecular flexibility index (Phi) is 5.24. The van der Waals surface area contributed by atoms with Crippen molar-refractivity contribution in [2.75, 3.05) is 12.4 Å². The van der Waals surface area contributed by atoms with Crippen molar-refractivity contribution in [3.63, 3.8) is 0 Å². The van der Waals surface area contributed by atoms with E-state index in [2.05, 4.69) is 5.32 Å². The molecule has 1 aromatic carbocycles. The SMILES string of the molecule is COc1cn(CC(=O)Nc2cc(F)c(F)c(F)c2)c(CO)cc1=O. The highest BCUT2D eigenvalue weighted by molar-refractivity contribution is 5.90. The predicted octanol–water partition coefficient (Wildman–Crippen LogP) is 1.41. The minimum atomic E-state index is -1.64. The van der Waals surface area contributed by atoms with Gasteiger partial charge in [0.05, 0.1) is 19.9 Å². The molecule has 0 aliphatic heterocycles. The van der Waals surface area contributed by atoms with Crippen LogP contribution < -0.4 is 15.5 Å². The fourth-order valence-electron chi connectivity index (χ4n) is 2.01. The second-order valence-electron chi connectivity index (χ2n) is 4.79. The number of amides is 1. The van der Waals surface area contributed by atoms with Gasteiger partial charge in [-0.1, -0.05) is 0 Å². The van der Waals surface area contributed by atoms with Crippen LogP contribution in [0.2, 0.25) is 0 Å². The molecule has 6 nitrogen and oxygen atoms in total. The number of aliphatic hydroxyl groups is 1. The van der Waals surface area contributed by atoms with E-state index in [-0.39, 0.29) is 23.7 Å². The fourth-order valence-corrected chi connectivity index (χ4v) is 2.01. The maximum Gasteiger partial charge on any atom is 0.244 e. The number of hydrogen-bond donors (Lipinski definition) is 2. The van der Waals surface area contributed by atoms with E-state index in [1.54, 1.807) is 0 Å². The van der Waals surface area contributed by atoms with Gasteiger partial charge in [-0.2, -0.15) is 0 Å². The van der Waals surface area contributed by atoms with Gasteiger partial charge in [0.25, 0.3) is 0 Å². The number of aromatic nitrogens is 1. The molecular weight excluding hydrogens is 329 g/mol. The van der Waals surface area contributed by atoms with Crippen LogP contribution in [0.3, 0.4) is 0 Å². The molecule has 1 amide bonds. The smallest absolute Gasteiger partial charge is 0.244 e. The molecule has 0 aliphatic rings. The van der Waals surface area contributed by atoms with E-state index < -0.39 is 35.4 Å². The first-order valence-electron chi connectivity index (χ1n) is 6.68. The Morgan fingerprint density at radius 2 is 1.88 bits per heavy atom. The molecule has 0 atom stereocenters. The van der Waals surface area contributed by atoms with E-state index in [4.69, 9.17) is 4.74 Å². The largest absolute Gasteiger partial charge is 0.491 e. The zero-order valence-corrected chi connectivity index (χ0v) is 12.5. The van der Waals surface area contributed by atoms with Crippen molar-refractivity contribution < 1.29 is 27.8 Å². The van der Waals surface area contributed by atoms with Crippen molar-refractivity contribution in [1.29, 1.82) is 0 Å². The summed E-state index contributed by atoms with van der Waals surface area (Å²) in [6, 6.07) is 2.37. The molecule has 128 valence electrons. The lowest BCUT2D eigenvalue weighted by atomic mass is 10.2. The number of methoxy groups -OCH3 is 1. The molecule has 0 spiro atoms. The van der Waals surface area contributed by atoms with Gasteiger partial charge in [-0.15, -0.1) is 0 Å². The highest BCUT2D eigenvalue weighted by Crippen LogP contribution is 2.17. The topological polar surface area (TPSA) is 80.6 Å². The Labute approximate surface area is 134 Å². The lowest BCUT2D eigenvalue weighted by Crippen LogP contribution is -2.23. The van der Waals surface area contributed by atoms with Crippen LogP contribution >= 0.6 is 0 Å². The van der Waals surface area contributed by atoms with Crippen LogP contribution in [0.4, 0.5) is 18.9 Å². The van der Waals surface area contributed by atoms with Gasteiger partial charge in [0.1, 0.15) is 6.54 Å². The number of halogens is 3. The van der Waals surface area contributed by atoms with Crippen molar-refractivity contribution >= 4 is 11.6 Å². The predicted molar refractivity (Wildman–Crippen MR) is 78.1 cm³/mol. The van der Waals surface area contributed by atoms with Gasteiger partial charge in [0, 0.05) is 29.6 Å². The van der Waals surface area contributed by atoms with Crippen molar-refractivity contribution in [3.8, 4) is 5.75 Å². The minimum Gasteiger partial charge on any atom is -0.491 e. The van der Waals surface area contributed by atoms with Crippen molar-refractivity contribution in [2.45, 2.75) is 13.2 Å². The number of anilines is 1. The van der Waals surface area contributed by atoms with Crippen LogP contribution in [0.25, 0.3) is 0 Å². The van der Waals surface area contributed by atoms with Gasteiger partial charge in [-0.3, -0.25) is 9.59 Å². The summed E-state index contributed by atoms with van der Waals surface area (Å²) in [4.78, 5) is 23.6. The van der Waals surface area contributed by atoms with E-state index in [0.29, 0.717) is 12.1 Å². The number of hydrogen-bond acceptors (Lipinski definition) is 4. The third-order valence-corrected chi connectivity index (χ3v) is 3.15. The summed E-state index contributed by atoms with van der Waals surface area (Å²) in [6.45, 7) is -0.876. The molecule has 2 N–H and O–H groups in total. The Bertz CT molecular complexity index is 813. The van der Waals surface area contributed by atoms with E-state index in [0.717, 1.165) is 6.07 Å². The van der Waals surface area contributed by atoms with Crippen LogP contribution in [0.15, 0.2) is 29.2 Å². The number of nitrogens with one attached hydrogen (secondary N) is 1. The molecule has 0 bridgehead atoms. The van der Waals surface area contributed by atoms with Gasteiger partial charge in [0.2, 0.25) is 11.3 Å². The Morgan fingerprint density at radius 3 is 2.42 bits per heavy atom. The number of benzene rings is 1. The highest BCUT2D eigenvalue weighted by atomic mass is 19.2. The Balaban J connectivity index is 2.22. The maximum absolute atomic E-state index is 13.1. The molecule has 0 aliphatic carbocycles. The van der Waals surface area contributed by atoms with Crippen molar-refractivity contribution in [2.24, 2.45) is 0 Å². The number of nitrogens with zero attached hydrogens (tertiary/aromatic N) is 1. The van der Waals surface area contributed by atoms with Gasteiger partial charge < -0.3 is 19.7 Å². The number of rotatable bonds is 5. The lowest BCUT2D eigenvalue weighted by molar-refractivity contribution is -0.116. The summed E-state index contributed by atoms with van der Waals surface area (Å²) in [5.74, 6) is -5.27. The van der Waals surface area contributed by atoms with Crippen LogP contribution in [-0.2, 0) is 17.9 Å². The van der Waals surface area contributed by atoms with Gasteiger partial charge in [0.15, 0.2) is 23.2 Å². The Morgan fingerprint density at radius 1 is 1.25 bits per heavy atom. The molecule has 2 rings (SSSR count). The monoisotopic (exact) mass is 342 g/mol. The summed E-state index contributed by atoms with van der Waals surface area (Å²) in [7, 11) is 1.27. The number of ether oxygens (including phenoxy) is 1. The summed E-state index contributed by atoms with van der Waals surface area (Å²) in [5, 5.41) is 11.4. The van der Waals surface area contributed by atoms with E-state index in [1.165, 1.54) is 17.9 Å². The number of carbonyl (C=O) groups excluding carboxylic acids is 1. The molecule has 0 saturated heterocycles. The number of carbonyl (C=O) groups is 1. The summed E-state index contributed by atoms with van der Waals surface area (Å²) in [6.07, 6.45) is 1.22. The first kappa shape index (κ1) is 17.5. The highest BCUT2D eigenvalue weighted by Gasteiger charge is 2.14. The molecule has 24 heavy (non-hydrogen) atoms. The Hall–Kier alpha value is -2.81. The molecule has 0 fully saturated rings. The van der Waals surface area contributed by atoms with Gasteiger partial charge >= 0.3 is 0 Å². The third kappa shape index (κ3) is 3.74. The number of aliphatic hydroxyl groups excluding tert-OH is 1. The zero-order chi connectivity index (χ0) is 17.9. The summed E-state index contributed by atoms with van der Waals surface area (Å²) < 4.78 is 45.2. The third-order valence-electron chi connectivity index (χ3n) is 3.15. The molecule has 1 heterocycles. The van der Waals surface area contributed by atoms with Crippen LogP contribution in [0.1, 0.15) is 5.69 Å². The molecule has 0 saturated carbocycles. The lowest BCUT2D eigenvalue weighted by Gasteiger charge is -2.13. The average Bonchev–Trinajstić information content (AvgIpc) is 2.53. The van der Waals surface area contributed by atoms with E-state index in [9.17, 15) is 27.9 Å². The molecule has 9 heteroatoms. The average molecular weight is 342 g/mol. The van der Waals surface area contributed by atoms with E-state index >= 15 is 0 Å². The molecular formula is C15H13F3N2O4. The van der Waals surface area contributed by atoms with E-state index in [1.807, 2.05) is 0 Å². The van der Waals surface area contributed by atoms with Crippen LogP contribution in [-0.4, -0.2) is 22.7 Å². The minimum absolute atomic E-state index is 0.0427. The second-order valence-corrected chi connectivity index (χ2v) is 4.79. The van der Waals surface area contributed by atoms with Gasteiger partial charge in [-0.25, -0.2) is 13.2 Å². The molecule has 0 unspecified atom stereocenters. The normalized spacial score (nSPS) is 10.5. The molecule has 2 aromatic rings. The summed E-state index contributed by atoms with van der Waals surface area (Å²) in [5.41, 5.74) is -0.594. The molecule has 1 aromatic heterocycles. The van der Waals surface area contributed by atoms with Crippen LogP contribution in [0, 0.1) is 17.5 Å². The number of pyridine rings is 1. The first-order valence-corrected chi connectivity index (χ1v) is 6.68.